The van der Waals surface area contributed by atoms with Crippen LogP contribution in [0.4, 0.5) is 0 Å². The Morgan fingerprint density at radius 1 is 1.33 bits per heavy atom. The summed E-state index contributed by atoms with van der Waals surface area (Å²) in [6.07, 6.45) is 9.29. The lowest BCUT2D eigenvalue weighted by Gasteiger charge is -2.29. The van der Waals surface area contributed by atoms with E-state index >= 15 is 0 Å². The molecular formula is C13H20O2. The molecule has 2 bridgehead atoms. The second kappa shape index (κ2) is 3.82. The Morgan fingerprint density at radius 2 is 2.27 bits per heavy atom. The molecule has 2 aliphatic carbocycles. The molecule has 0 aromatic carbocycles. The van der Waals surface area contributed by atoms with E-state index in [1.165, 1.54) is 25.7 Å². The number of rotatable bonds is 2. The van der Waals surface area contributed by atoms with Crippen LogP contribution in [0.5, 0.6) is 0 Å². The third-order valence-electron chi connectivity index (χ3n) is 4.45. The molecule has 2 nitrogen and oxygen atoms in total. The number of aliphatic hydroxyl groups excluding tert-OH is 1. The lowest BCUT2D eigenvalue weighted by molar-refractivity contribution is 0.0360. The van der Waals surface area contributed by atoms with E-state index in [9.17, 15) is 5.11 Å². The predicted molar refractivity (Wildman–Crippen MR) is 58.2 cm³/mol. The zero-order valence-electron chi connectivity index (χ0n) is 9.19. The van der Waals surface area contributed by atoms with Gasteiger partial charge < -0.3 is 9.84 Å². The molecule has 84 valence electrons. The fourth-order valence-electron chi connectivity index (χ4n) is 3.67. The molecule has 0 radical (unpaired) electrons. The van der Waals surface area contributed by atoms with E-state index in [1.807, 2.05) is 0 Å². The van der Waals surface area contributed by atoms with E-state index < -0.39 is 0 Å². The van der Waals surface area contributed by atoms with E-state index in [-0.39, 0.29) is 6.10 Å². The third kappa shape index (κ3) is 1.69. The topological polar surface area (TPSA) is 29.5 Å². The van der Waals surface area contributed by atoms with Gasteiger partial charge >= 0.3 is 0 Å². The number of fused-ring (bicyclic) bond motifs is 2. The Bertz CT molecular complexity index is 272. The second-order valence-electron chi connectivity index (χ2n) is 5.38. The summed E-state index contributed by atoms with van der Waals surface area (Å²) in [5, 5.41) is 10.3. The molecule has 0 saturated heterocycles. The molecule has 0 aromatic heterocycles. The smallest absolute Gasteiger partial charge is 0.121 e. The van der Waals surface area contributed by atoms with Crippen LogP contribution in [0, 0.1) is 17.8 Å². The highest BCUT2D eigenvalue weighted by Crippen LogP contribution is 2.50. The quantitative estimate of drug-likeness (QED) is 0.755. The van der Waals surface area contributed by atoms with Crippen molar-refractivity contribution in [2.45, 2.75) is 44.6 Å². The number of aliphatic hydroxyl groups is 1. The molecule has 2 saturated carbocycles. The molecule has 1 aliphatic heterocycles. The van der Waals surface area contributed by atoms with Gasteiger partial charge in [0.25, 0.3) is 0 Å². The Labute approximate surface area is 91.3 Å². The van der Waals surface area contributed by atoms with Crippen LogP contribution in [-0.4, -0.2) is 17.8 Å². The lowest BCUT2D eigenvalue weighted by atomic mass is 9.83. The molecule has 3 rings (SSSR count). The average molecular weight is 208 g/mol. The zero-order valence-corrected chi connectivity index (χ0v) is 9.19. The van der Waals surface area contributed by atoms with E-state index in [1.54, 1.807) is 0 Å². The maximum absolute atomic E-state index is 10.3. The van der Waals surface area contributed by atoms with Crippen molar-refractivity contribution in [3.05, 3.63) is 11.8 Å². The summed E-state index contributed by atoms with van der Waals surface area (Å²) in [4.78, 5) is 0. The van der Waals surface area contributed by atoms with Gasteiger partial charge in [0, 0.05) is 0 Å². The Morgan fingerprint density at radius 3 is 2.87 bits per heavy atom. The minimum Gasteiger partial charge on any atom is -0.495 e. The van der Waals surface area contributed by atoms with Crippen LogP contribution in [0.25, 0.3) is 0 Å². The third-order valence-corrected chi connectivity index (χ3v) is 4.45. The number of hydrogen-bond donors (Lipinski definition) is 1. The summed E-state index contributed by atoms with van der Waals surface area (Å²) in [6.45, 7) is 0.795. The van der Waals surface area contributed by atoms with E-state index in [4.69, 9.17) is 4.74 Å². The maximum Gasteiger partial charge on any atom is 0.121 e. The zero-order chi connectivity index (χ0) is 10.3. The van der Waals surface area contributed by atoms with Crippen molar-refractivity contribution in [2.75, 3.05) is 6.61 Å². The molecular weight excluding hydrogens is 188 g/mol. The summed E-state index contributed by atoms with van der Waals surface area (Å²) in [7, 11) is 0. The van der Waals surface area contributed by atoms with Crippen LogP contribution < -0.4 is 0 Å². The first-order valence-corrected chi connectivity index (χ1v) is 6.35. The van der Waals surface area contributed by atoms with Gasteiger partial charge in [-0.25, -0.2) is 0 Å². The summed E-state index contributed by atoms with van der Waals surface area (Å²) in [5.74, 6) is 3.04. The van der Waals surface area contributed by atoms with Crippen molar-refractivity contribution in [1.82, 2.24) is 0 Å². The van der Waals surface area contributed by atoms with Gasteiger partial charge in [-0.15, -0.1) is 0 Å². The van der Waals surface area contributed by atoms with Gasteiger partial charge in [-0.1, -0.05) is 6.42 Å². The summed E-state index contributed by atoms with van der Waals surface area (Å²) in [5.41, 5.74) is 0. The van der Waals surface area contributed by atoms with Gasteiger partial charge in [-0.05, 0) is 55.9 Å². The van der Waals surface area contributed by atoms with Crippen LogP contribution in [0.15, 0.2) is 11.8 Å². The first-order valence-electron chi connectivity index (χ1n) is 6.35. The second-order valence-corrected chi connectivity index (χ2v) is 5.38. The average Bonchev–Trinajstić information content (AvgIpc) is 2.91. The molecule has 4 atom stereocenters. The standard InChI is InChI=1S/C13H20O2/c14-13(12-3-1-2-6-15-12)11-8-9-4-5-10(11)7-9/h3,9-11,13-14H,1-2,4-8H2. The number of ether oxygens (including phenoxy) is 1. The molecule has 1 N–H and O–H groups in total. The van der Waals surface area contributed by atoms with Gasteiger partial charge in [0.2, 0.25) is 0 Å². The molecule has 4 unspecified atom stereocenters. The van der Waals surface area contributed by atoms with Crippen LogP contribution >= 0.6 is 0 Å². The SMILES string of the molecule is OC(C1=CCCCO1)C1CC2CCC1C2. The Kier molecular flexibility index (Phi) is 2.47. The summed E-state index contributed by atoms with van der Waals surface area (Å²) < 4.78 is 5.57. The number of hydrogen-bond acceptors (Lipinski definition) is 2. The molecule has 0 amide bonds. The van der Waals surface area contributed by atoms with Gasteiger partial charge in [0.05, 0.1) is 6.61 Å². The van der Waals surface area contributed by atoms with Crippen LogP contribution in [0.1, 0.15) is 38.5 Å². The van der Waals surface area contributed by atoms with Crippen molar-refractivity contribution in [1.29, 1.82) is 0 Å². The van der Waals surface area contributed by atoms with Crippen LogP contribution in [0.2, 0.25) is 0 Å². The minimum absolute atomic E-state index is 0.305. The molecule has 2 heteroatoms. The van der Waals surface area contributed by atoms with E-state index in [2.05, 4.69) is 6.08 Å². The lowest BCUT2D eigenvalue weighted by Crippen LogP contribution is -2.29. The van der Waals surface area contributed by atoms with Crippen molar-refractivity contribution in [3.8, 4) is 0 Å². The molecule has 3 aliphatic rings. The van der Waals surface area contributed by atoms with Crippen molar-refractivity contribution >= 4 is 0 Å². The number of allylic oxidation sites excluding steroid dienone is 1. The Hall–Kier alpha value is -0.500. The largest absolute Gasteiger partial charge is 0.495 e. The first kappa shape index (κ1) is 9.71. The highest BCUT2D eigenvalue weighted by atomic mass is 16.5. The van der Waals surface area contributed by atoms with Gasteiger partial charge in [0.1, 0.15) is 11.9 Å². The monoisotopic (exact) mass is 208 g/mol. The van der Waals surface area contributed by atoms with Crippen LogP contribution in [0.3, 0.4) is 0 Å². The molecule has 0 aromatic rings. The molecule has 1 heterocycles. The Balaban J connectivity index is 1.69. The summed E-state index contributed by atoms with van der Waals surface area (Å²) in [6, 6.07) is 0. The minimum atomic E-state index is -0.305. The van der Waals surface area contributed by atoms with E-state index in [0.717, 1.165) is 37.0 Å². The predicted octanol–water partition coefficient (Wildman–Crippen LogP) is 2.48. The highest BCUT2D eigenvalue weighted by Gasteiger charge is 2.44. The normalized spacial score (nSPS) is 41.1. The van der Waals surface area contributed by atoms with Crippen molar-refractivity contribution in [3.63, 3.8) is 0 Å². The fraction of sp³-hybridized carbons (Fsp3) is 0.846. The molecule has 15 heavy (non-hydrogen) atoms. The van der Waals surface area contributed by atoms with Gasteiger partial charge in [0.15, 0.2) is 0 Å². The van der Waals surface area contributed by atoms with Gasteiger partial charge in [-0.2, -0.15) is 0 Å². The molecule has 2 fully saturated rings. The van der Waals surface area contributed by atoms with E-state index in [0.29, 0.717) is 5.92 Å². The molecule has 0 spiro atoms. The first-order chi connectivity index (χ1) is 7.34. The highest BCUT2D eigenvalue weighted by molar-refractivity contribution is 5.08. The summed E-state index contributed by atoms with van der Waals surface area (Å²) >= 11 is 0. The maximum atomic E-state index is 10.3. The van der Waals surface area contributed by atoms with Crippen LogP contribution in [-0.2, 0) is 4.74 Å². The van der Waals surface area contributed by atoms with Crippen molar-refractivity contribution in [2.24, 2.45) is 17.8 Å². The van der Waals surface area contributed by atoms with Gasteiger partial charge in [-0.3, -0.25) is 0 Å². The fourth-order valence-corrected chi connectivity index (χ4v) is 3.67. The van der Waals surface area contributed by atoms with Crippen molar-refractivity contribution < 1.29 is 9.84 Å².